The molecular formula is C30H24I4O5. The molecule has 0 saturated carbocycles. The van der Waals surface area contributed by atoms with Crippen LogP contribution in [0.25, 0.3) is 0 Å². The molecule has 4 aromatic rings. The van der Waals surface area contributed by atoms with Gasteiger partial charge in [-0.3, -0.25) is 0 Å². The maximum atomic E-state index is 13.2. The molecule has 1 atom stereocenters. The summed E-state index contributed by atoms with van der Waals surface area (Å²) in [5.41, 5.74) is 3.89. The number of ether oxygens (including phenoxy) is 2. The second-order valence-electron chi connectivity index (χ2n) is 9.14. The van der Waals surface area contributed by atoms with Gasteiger partial charge < -0.3 is 19.7 Å². The van der Waals surface area contributed by atoms with Gasteiger partial charge in [-0.05, 0) is 162 Å². The summed E-state index contributed by atoms with van der Waals surface area (Å²) in [4.78, 5) is 13.2. The molecule has 2 N–H and O–H groups in total. The molecule has 0 aliphatic heterocycles. The topological polar surface area (TPSA) is 76.0 Å². The second-order valence-corrected chi connectivity index (χ2v) is 13.8. The molecular weight excluding hydrogens is 948 g/mol. The fraction of sp³-hybridized carbons (Fsp3) is 0.167. The summed E-state index contributed by atoms with van der Waals surface area (Å²) in [6.07, 6.45) is 0. The van der Waals surface area contributed by atoms with Crippen LogP contribution in [0.2, 0.25) is 0 Å². The van der Waals surface area contributed by atoms with Gasteiger partial charge in [-0.2, -0.15) is 0 Å². The number of benzene rings is 4. The molecule has 0 aliphatic carbocycles. The minimum absolute atomic E-state index is 0.0986. The number of phenols is 2. The third-order valence-corrected chi connectivity index (χ3v) is 9.95. The molecule has 0 amide bonds. The molecule has 0 saturated heterocycles. The average molecular weight is 972 g/mol. The van der Waals surface area contributed by atoms with Gasteiger partial charge in [-0.15, -0.1) is 0 Å². The van der Waals surface area contributed by atoms with Crippen LogP contribution in [0.3, 0.4) is 0 Å². The quantitative estimate of drug-likeness (QED) is 0.110. The van der Waals surface area contributed by atoms with Crippen LogP contribution in [0.5, 0.6) is 17.2 Å². The van der Waals surface area contributed by atoms with E-state index in [-0.39, 0.29) is 23.7 Å². The minimum Gasteiger partial charge on any atom is -0.506 e. The van der Waals surface area contributed by atoms with Crippen molar-refractivity contribution in [3.8, 4) is 17.2 Å². The first-order valence-corrected chi connectivity index (χ1v) is 16.1. The van der Waals surface area contributed by atoms with E-state index in [1.54, 1.807) is 13.2 Å². The fourth-order valence-electron chi connectivity index (χ4n) is 4.48. The molecule has 0 spiro atoms. The van der Waals surface area contributed by atoms with Crippen LogP contribution in [-0.4, -0.2) is 23.3 Å². The first kappa shape index (κ1) is 30.6. The van der Waals surface area contributed by atoms with Crippen molar-refractivity contribution in [2.45, 2.75) is 25.9 Å². The largest absolute Gasteiger partial charge is 0.506 e. The van der Waals surface area contributed by atoms with E-state index in [4.69, 9.17) is 9.47 Å². The number of aryl methyl sites for hydroxylation is 1. The molecule has 0 aliphatic rings. The van der Waals surface area contributed by atoms with E-state index in [2.05, 4.69) is 86.8 Å². The lowest BCUT2D eigenvalue weighted by Crippen LogP contribution is -2.27. The van der Waals surface area contributed by atoms with Crippen LogP contribution in [0.4, 0.5) is 0 Å². The SMILES string of the molecule is COc1c(C)cc(C(C)(c2cc(I)c(O)c(I)c2)c2cc(I)c(O)c(C(=O)OCc3ccccc3)c2)cc1I. The Morgan fingerprint density at radius 3 is 1.87 bits per heavy atom. The molecule has 1 unspecified atom stereocenters. The molecule has 5 nitrogen and oxygen atoms in total. The molecule has 0 radical (unpaired) electrons. The van der Waals surface area contributed by atoms with Crippen LogP contribution >= 0.6 is 90.4 Å². The standard InChI is InChI=1S/C30H24I4O5/c1-16-9-18(14-25(34)28(16)38-3)30(2,20-12-23(32)27(36)24(33)13-20)19-10-21(26(35)22(31)11-19)29(37)39-15-17-7-5-4-6-8-17/h4-14,35-36H,15H2,1-3H3. The Labute approximate surface area is 282 Å². The number of hydrogen-bond donors (Lipinski definition) is 2. The van der Waals surface area contributed by atoms with Gasteiger partial charge in [-0.1, -0.05) is 36.4 Å². The zero-order chi connectivity index (χ0) is 28.5. The van der Waals surface area contributed by atoms with Crippen molar-refractivity contribution >= 4 is 96.3 Å². The molecule has 0 heterocycles. The van der Waals surface area contributed by atoms with Gasteiger partial charge in [0.25, 0.3) is 0 Å². The van der Waals surface area contributed by atoms with Gasteiger partial charge in [0.05, 0.1) is 21.4 Å². The molecule has 0 aromatic heterocycles. The summed E-state index contributed by atoms with van der Waals surface area (Å²) < 4.78 is 14.1. The van der Waals surface area contributed by atoms with Gasteiger partial charge >= 0.3 is 5.97 Å². The monoisotopic (exact) mass is 972 g/mol. The van der Waals surface area contributed by atoms with Crippen molar-refractivity contribution in [3.63, 3.8) is 0 Å². The molecule has 0 fully saturated rings. The number of aromatic hydroxyl groups is 2. The van der Waals surface area contributed by atoms with Crippen molar-refractivity contribution in [2.24, 2.45) is 0 Å². The first-order chi connectivity index (χ1) is 18.5. The lowest BCUT2D eigenvalue weighted by atomic mass is 9.70. The van der Waals surface area contributed by atoms with Crippen LogP contribution in [-0.2, 0) is 16.8 Å². The maximum Gasteiger partial charge on any atom is 0.342 e. The summed E-state index contributed by atoms with van der Waals surface area (Å²) in [5, 5.41) is 21.4. The third kappa shape index (κ3) is 6.30. The number of halogens is 4. The Morgan fingerprint density at radius 1 is 0.795 bits per heavy atom. The van der Waals surface area contributed by atoms with E-state index in [9.17, 15) is 15.0 Å². The van der Waals surface area contributed by atoms with Crippen molar-refractivity contribution in [1.29, 1.82) is 0 Å². The minimum atomic E-state index is -0.757. The van der Waals surface area contributed by atoms with E-state index < -0.39 is 11.4 Å². The summed E-state index contributed by atoms with van der Waals surface area (Å²) in [5.74, 6) is 0.319. The van der Waals surface area contributed by atoms with Crippen molar-refractivity contribution in [3.05, 3.63) is 114 Å². The van der Waals surface area contributed by atoms with E-state index in [1.165, 1.54) is 0 Å². The summed E-state index contributed by atoms with van der Waals surface area (Å²) in [6.45, 7) is 4.19. The van der Waals surface area contributed by atoms with E-state index in [0.717, 1.165) is 44.3 Å². The number of rotatable bonds is 7. The number of carbonyl (C=O) groups is 1. The van der Waals surface area contributed by atoms with Crippen molar-refractivity contribution in [1.82, 2.24) is 0 Å². The zero-order valence-corrected chi connectivity index (χ0v) is 29.8. The van der Waals surface area contributed by atoms with Gasteiger partial charge in [0.2, 0.25) is 0 Å². The Hall–Kier alpha value is -1.33. The van der Waals surface area contributed by atoms with Crippen molar-refractivity contribution in [2.75, 3.05) is 7.11 Å². The maximum absolute atomic E-state index is 13.2. The Kier molecular flexibility index (Phi) is 9.95. The predicted octanol–water partition coefficient (Wildman–Crippen LogP) is 8.54. The summed E-state index contributed by atoms with van der Waals surface area (Å²) >= 11 is 8.59. The molecule has 4 aromatic carbocycles. The molecule has 202 valence electrons. The van der Waals surface area contributed by atoms with Gasteiger partial charge in [0.15, 0.2) is 0 Å². The van der Waals surface area contributed by atoms with Crippen LogP contribution < -0.4 is 4.74 Å². The first-order valence-electron chi connectivity index (χ1n) is 11.7. The number of methoxy groups -OCH3 is 1. The van der Waals surface area contributed by atoms with Gasteiger partial charge in [0, 0.05) is 5.41 Å². The number of phenolic OH excluding ortho intramolecular Hbond substituents is 2. The second kappa shape index (κ2) is 12.7. The lowest BCUT2D eigenvalue weighted by molar-refractivity contribution is 0.0469. The smallest absolute Gasteiger partial charge is 0.342 e. The van der Waals surface area contributed by atoms with Gasteiger partial charge in [0.1, 0.15) is 29.4 Å². The number of hydrogen-bond acceptors (Lipinski definition) is 5. The van der Waals surface area contributed by atoms with Crippen LogP contribution in [0.15, 0.2) is 66.7 Å². The fourth-order valence-corrected chi connectivity index (χ4v) is 7.85. The lowest BCUT2D eigenvalue weighted by Gasteiger charge is -2.34. The molecule has 0 bridgehead atoms. The summed E-state index contributed by atoms with van der Waals surface area (Å²) in [6, 6.07) is 21.1. The van der Waals surface area contributed by atoms with Crippen molar-refractivity contribution < 1.29 is 24.5 Å². The Bertz CT molecular complexity index is 1510. The Morgan fingerprint density at radius 2 is 1.31 bits per heavy atom. The molecule has 9 heteroatoms. The third-order valence-electron chi connectivity index (χ3n) is 6.68. The van der Waals surface area contributed by atoms with Crippen LogP contribution in [0, 0.1) is 21.2 Å². The van der Waals surface area contributed by atoms with E-state index in [0.29, 0.717) is 3.57 Å². The highest BCUT2D eigenvalue weighted by Crippen LogP contribution is 2.45. The van der Waals surface area contributed by atoms with E-state index >= 15 is 0 Å². The number of carbonyl (C=O) groups excluding carboxylic acids is 1. The highest BCUT2D eigenvalue weighted by Gasteiger charge is 2.35. The zero-order valence-electron chi connectivity index (χ0n) is 21.2. The normalized spacial score (nSPS) is 12.6. The molecule has 4 rings (SSSR count). The summed E-state index contributed by atoms with van der Waals surface area (Å²) in [7, 11) is 1.66. The highest BCUT2D eigenvalue weighted by atomic mass is 127. The molecule has 39 heavy (non-hydrogen) atoms. The highest BCUT2D eigenvalue weighted by molar-refractivity contribution is 14.1. The average Bonchev–Trinajstić information content (AvgIpc) is 2.91. The predicted molar refractivity (Wildman–Crippen MR) is 186 cm³/mol. The number of esters is 1. The van der Waals surface area contributed by atoms with E-state index in [1.807, 2.05) is 78.0 Å². The Balaban J connectivity index is 1.92. The van der Waals surface area contributed by atoms with Crippen LogP contribution in [0.1, 0.15) is 45.1 Å². The van der Waals surface area contributed by atoms with Gasteiger partial charge in [-0.25, -0.2) is 4.79 Å².